The first-order valence-corrected chi connectivity index (χ1v) is 8.01. The number of imidazole rings is 1. The number of nitrogens with zero attached hydrogens (tertiary/aromatic N) is 6. The number of rotatable bonds is 4. The second kappa shape index (κ2) is 6.56. The van der Waals surface area contributed by atoms with Gasteiger partial charge in [0.15, 0.2) is 17.5 Å². The lowest BCUT2D eigenvalue weighted by atomic mass is 10.3. The highest BCUT2D eigenvalue weighted by molar-refractivity contribution is 5.65. The van der Waals surface area contributed by atoms with Crippen molar-refractivity contribution in [3.8, 4) is 11.5 Å². The van der Waals surface area contributed by atoms with Gasteiger partial charge in [-0.05, 0) is 19.1 Å². The molecule has 0 spiro atoms. The molecule has 0 saturated heterocycles. The lowest BCUT2D eigenvalue weighted by Gasteiger charge is -2.15. The standard InChI is InChI=1S/C17H14F2N8/c1-9(15-22-4-11(19)5-23-15)25-16-12(20)6-24-17(26-16)13-7-21-14-3-2-10(18)8-27(13)14/h2-9H,20H2,1H3,(H,24,25,26)/t9-/m1/s1. The fourth-order valence-electron chi connectivity index (χ4n) is 2.57. The van der Waals surface area contributed by atoms with E-state index < -0.39 is 11.6 Å². The highest BCUT2D eigenvalue weighted by atomic mass is 19.1. The summed E-state index contributed by atoms with van der Waals surface area (Å²) in [6.07, 6.45) is 6.47. The van der Waals surface area contributed by atoms with Crippen molar-refractivity contribution in [2.45, 2.75) is 13.0 Å². The number of hydrogen-bond acceptors (Lipinski definition) is 7. The molecule has 4 aromatic rings. The van der Waals surface area contributed by atoms with E-state index in [2.05, 4.69) is 30.2 Å². The van der Waals surface area contributed by atoms with Gasteiger partial charge < -0.3 is 11.1 Å². The van der Waals surface area contributed by atoms with Crippen LogP contribution >= 0.6 is 0 Å². The SMILES string of the molecule is C[C@@H](Nc1nc(-c2cnc3ccc(F)cn23)ncc1N)c1ncc(F)cn1. The molecule has 1 atom stereocenters. The summed E-state index contributed by atoms with van der Waals surface area (Å²) < 4.78 is 28.1. The number of hydrogen-bond donors (Lipinski definition) is 2. The normalized spacial score (nSPS) is 12.3. The minimum atomic E-state index is -0.519. The number of nitrogens with two attached hydrogens (primary N) is 1. The average molecular weight is 368 g/mol. The van der Waals surface area contributed by atoms with Gasteiger partial charge in [0.05, 0.1) is 36.5 Å². The molecule has 136 valence electrons. The summed E-state index contributed by atoms with van der Waals surface area (Å²) in [6.45, 7) is 1.79. The van der Waals surface area contributed by atoms with Crippen molar-refractivity contribution < 1.29 is 8.78 Å². The van der Waals surface area contributed by atoms with Gasteiger partial charge in [-0.2, -0.15) is 0 Å². The second-order valence-corrected chi connectivity index (χ2v) is 5.84. The highest BCUT2D eigenvalue weighted by Crippen LogP contribution is 2.24. The van der Waals surface area contributed by atoms with E-state index in [-0.39, 0.29) is 6.04 Å². The van der Waals surface area contributed by atoms with Gasteiger partial charge in [0.1, 0.15) is 23.0 Å². The number of anilines is 2. The number of fused-ring (bicyclic) bond motifs is 1. The fourth-order valence-corrected chi connectivity index (χ4v) is 2.57. The summed E-state index contributed by atoms with van der Waals surface area (Å²) >= 11 is 0. The van der Waals surface area contributed by atoms with Crippen molar-refractivity contribution in [3.63, 3.8) is 0 Å². The molecular weight excluding hydrogens is 354 g/mol. The van der Waals surface area contributed by atoms with Crippen molar-refractivity contribution in [2.24, 2.45) is 0 Å². The molecule has 0 radical (unpaired) electrons. The minimum absolute atomic E-state index is 0.313. The van der Waals surface area contributed by atoms with E-state index in [1.54, 1.807) is 23.6 Å². The molecule has 0 aliphatic heterocycles. The number of aromatic nitrogens is 6. The zero-order valence-corrected chi connectivity index (χ0v) is 14.1. The number of nitrogens with one attached hydrogen (secondary N) is 1. The molecule has 0 bridgehead atoms. The van der Waals surface area contributed by atoms with Crippen LogP contribution in [0.3, 0.4) is 0 Å². The molecule has 4 heterocycles. The third-order valence-electron chi connectivity index (χ3n) is 3.90. The van der Waals surface area contributed by atoms with Crippen LogP contribution in [0.5, 0.6) is 0 Å². The quantitative estimate of drug-likeness (QED) is 0.570. The van der Waals surface area contributed by atoms with Crippen molar-refractivity contribution >= 4 is 17.2 Å². The van der Waals surface area contributed by atoms with Crippen molar-refractivity contribution in [1.29, 1.82) is 0 Å². The fraction of sp³-hybridized carbons (Fsp3) is 0.118. The van der Waals surface area contributed by atoms with Crippen LogP contribution in [0.2, 0.25) is 0 Å². The maximum absolute atomic E-state index is 13.6. The maximum Gasteiger partial charge on any atom is 0.180 e. The van der Waals surface area contributed by atoms with Gasteiger partial charge >= 0.3 is 0 Å². The Kier molecular flexibility index (Phi) is 4.07. The molecule has 4 aromatic heterocycles. The molecule has 0 unspecified atom stereocenters. The predicted octanol–water partition coefficient (Wildman–Crippen LogP) is 2.61. The molecule has 0 fully saturated rings. The van der Waals surface area contributed by atoms with E-state index in [9.17, 15) is 8.78 Å². The zero-order valence-electron chi connectivity index (χ0n) is 14.1. The first-order valence-electron chi connectivity index (χ1n) is 8.01. The Hall–Kier alpha value is -3.69. The lowest BCUT2D eigenvalue weighted by molar-refractivity contribution is 0.604. The molecule has 0 amide bonds. The average Bonchev–Trinajstić information content (AvgIpc) is 3.07. The second-order valence-electron chi connectivity index (χ2n) is 5.84. The molecule has 4 rings (SSSR count). The van der Waals surface area contributed by atoms with E-state index in [4.69, 9.17) is 5.73 Å². The Bertz CT molecular complexity index is 1110. The first-order chi connectivity index (χ1) is 13.0. The van der Waals surface area contributed by atoms with E-state index in [1.165, 1.54) is 18.5 Å². The van der Waals surface area contributed by atoms with E-state index in [0.717, 1.165) is 12.4 Å². The van der Waals surface area contributed by atoms with Crippen molar-refractivity contribution in [1.82, 2.24) is 29.3 Å². The van der Waals surface area contributed by atoms with Crippen LogP contribution in [0.15, 0.2) is 43.1 Å². The minimum Gasteiger partial charge on any atom is -0.394 e. The Morgan fingerprint density at radius 2 is 1.78 bits per heavy atom. The number of nitrogen functional groups attached to an aromatic ring is 1. The Morgan fingerprint density at radius 1 is 1.00 bits per heavy atom. The number of halogens is 2. The topological polar surface area (TPSA) is 107 Å². The van der Waals surface area contributed by atoms with Crippen molar-refractivity contribution in [3.05, 3.63) is 60.6 Å². The van der Waals surface area contributed by atoms with Gasteiger partial charge in [-0.1, -0.05) is 0 Å². The maximum atomic E-state index is 13.6. The molecule has 0 aliphatic carbocycles. The molecule has 0 saturated carbocycles. The summed E-state index contributed by atoms with van der Waals surface area (Å²) in [5, 5.41) is 3.08. The Labute approximate surface area is 152 Å². The molecular formula is C17H14F2N8. The summed E-state index contributed by atoms with van der Waals surface area (Å²) in [5.41, 5.74) is 7.35. The highest BCUT2D eigenvalue weighted by Gasteiger charge is 2.15. The lowest BCUT2D eigenvalue weighted by Crippen LogP contribution is -2.13. The van der Waals surface area contributed by atoms with Gasteiger partial charge in [-0.3, -0.25) is 4.40 Å². The van der Waals surface area contributed by atoms with E-state index in [1.807, 2.05) is 0 Å². The van der Waals surface area contributed by atoms with Gasteiger partial charge in [0, 0.05) is 6.20 Å². The van der Waals surface area contributed by atoms with E-state index >= 15 is 0 Å². The van der Waals surface area contributed by atoms with Gasteiger partial charge in [0.2, 0.25) is 0 Å². The van der Waals surface area contributed by atoms with Crippen LogP contribution in [0.1, 0.15) is 18.8 Å². The summed E-state index contributed by atoms with van der Waals surface area (Å²) in [5.74, 6) is 0.129. The third-order valence-corrected chi connectivity index (χ3v) is 3.90. The largest absolute Gasteiger partial charge is 0.394 e. The number of pyridine rings is 1. The molecule has 8 nitrogen and oxygen atoms in total. The Balaban J connectivity index is 1.68. The van der Waals surface area contributed by atoms with Gasteiger partial charge in [-0.25, -0.2) is 33.7 Å². The van der Waals surface area contributed by atoms with Crippen LogP contribution in [-0.4, -0.2) is 29.3 Å². The summed E-state index contributed by atoms with van der Waals surface area (Å²) in [4.78, 5) is 20.7. The first kappa shape index (κ1) is 16.8. The van der Waals surface area contributed by atoms with Crippen LogP contribution in [-0.2, 0) is 0 Å². The summed E-state index contributed by atoms with van der Waals surface area (Å²) in [7, 11) is 0. The van der Waals surface area contributed by atoms with Crippen molar-refractivity contribution in [2.75, 3.05) is 11.1 Å². The molecule has 0 aliphatic rings. The molecule has 10 heteroatoms. The van der Waals surface area contributed by atoms with Gasteiger partial charge in [0.25, 0.3) is 0 Å². The zero-order chi connectivity index (χ0) is 19.0. The van der Waals surface area contributed by atoms with Crippen LogP contribution in [0, 0.1) is 11.6 Å². The molecule has 0 aromatic carbocycles. The smallest absolute Gasteiger partial charge is 0.180 e. The van der Waals surface area contributed by atoms with Crippen LogP contribution < -0.4 is 11.1 Å². The van der Waals surface area contributed by atoms with Crippen LogP contribution in [0.25, 0.3) is 17.2 Å². The van der Waals surface area contributed by atoms with Gasteiger partial charge in [-0.15, -0.1) is 0 Å². The molecule has 27 heavy (non-hydrogen) atoms. The predicted molar refractivity (Wildman–Crippen MR) is 94.6 cm³/mol. The van der Waals surface area contributed by atoms with Crippen LogP contribution in [0.4, 0.5) is 20.3 Å². The van der Waals surface area contributed by atoms with E-state index in [0.29, 0.717) is 34.5 Å². The molecule has 3 N–H and O–H groups in total. The third kappa shape index (κ3) is 3.24. The monoisotopic (exact) mass is 368 g/mol. The Morgan fingerprint density at radius 3 is 2.56 bits per heavy atom. The summed E-state index contributed by atoms with van der Waals surface area (Å²) in [6, 6.07) is 2.51.